The van der Waals surface area contributed by atoms with Gasteiger partial charge in [-0.3, -0.25) is 9.48 Å². The molecule has 0 bridgehead atoms. The minimum atomic E-state index is -1.13. The van der Waals surface area contributed by atoms with E-state index in [1.165, 1.54) is 12.0 Å². The summed E-state index contributed by atoms with van der Waals surface area (Å²) in [6.45, 7) is 2.63. The number of ether oxygens (including phenoxy) is 1. The maximum absolute atomic E-state index is 15.6. The van der Waals surface area contributed by atoms with Crippen molar-refractivity contribution in [3.05, 3.63) is 41.3 Å². The molecule has 190 valence electrons. The van der Waals surface area contributed by atoms with Crippen LogP contribution in [0.3, 0.4) is 0 Å². The lowest BCUT2D eigenvalue weighted by atomic mass is 9.81. The van der Waals surface area contributed by atoms with Gasteiger partial charge in [0.2, 0.25) is 11.8 Å². The van der Waals surface area contributed by atoms with Gasteiger partial charge in [0.25, 0.3) is 0 Å². The SMILES string of the molecule is Cn1cc(CC(=O)N[C@H]2CC[C@](F)(CCN3CCc4ccc(OC5CCC5)nc4CC3)CC2)cn1. The quantitative estimate of drug-likeness (QED) is 0.622. The average Bonchev–Trinajstić information content (AvgIpc) is 3.10. The molecule has 0 atom stereocenters. The first-order valence-corrected chi connectivity index (χ1v) is 13.3. The van der Waals surface area contributed by atoms with Crippen LogP contribution in [-0.2, 0) is 31.1 Å². The zero-order valence-electron chi connectivity index (χ0n) is 20.8. The van der Waals surface area contributed by atoms with E-state index in [1.807, 2.05) is 19.3 Å². The highest BCUT2D eigenvalue weighted by Crippen LogP contribution is 2.35. The first kappa shape index (κ1) is 24.2. The maximum atomic E-state index is 15.6. The minimum absolute atomic E-state index is 0.00616. The highest BCUT2D eigenvalue weighted by Gasteiger charge is 2.36. The molecule has 5 rings (SSSR count). The summed E-state index contributed by atoms with van der Waals surface area (Å²) >= 11 is 0. The number of aromatic nitrogens is 3. The first-order chi connectivity index (χ1) is 16.9. The maximum Gasteiger partial charge on any atom is 0.224 e. The summed E-state index contributed by atoms with van der Waals surface area (Å²) in [4.78, 5) is 19.5. The number of hydrogen-bond acceptors (Lipinski definition) is 5. The van der Waals surface area contributed by atoms with Gasteiger partial charge in [-0.2, -0.15) is 5.10 Å². The molecule has 8 heteroatoms. The van der Waals surface area contributed by atoms with E-state index in [4.69, 9.17) is 9.72 Å². The molecule has 2 aromatic rings. The number of nitrogens with zero attached hydrogens (tertiary/aromatic N) is 4. The summed E-state index contributed by atoms with van der Waals surface area (Å²) in [5, 5.41) is 7.20. The molecule has 2 aliphatic carbocycles. The molecular weight excluding hydrogens is 445 g/mol. The van der Waals surface area contributed by atoms with E-state index in [2.05, 4.69) is 21.4 Å². The predicted octanol–water partition coefficient (Wildman–Crippen LogP) is 3.55. The van der Waals surface area contributed by atoms with Gasteiger partial charge in [-0.1, -0.05) is 6.07 Å². The summed E-state index contributed by atoms with van der Waals surface area (Å²) in [6, 6.07) is 4.25. The predicted molar refractivity (Wildman–Crippen MR) is 132 cm³/mol. The van der Waals surface area contributed by atoms with Crippen LogP contribution < -0.4 is 10.1 Å². The van der Waals surface area contributed by atoms with Crippen molar-refractivity contribution in [3.63, 3.8) is 0 Å². The molecule has 35 heavy (non-hydrogen) atoms. The summed E-state index contributed by atoms with van der Waals surface area (Å²) < 4.78 is 23.3. The molecule has 0 unspecified atom stereocenters. The Morgan fingerprint density at radius 1 is 1.20 bits per heavy atom. The van der Waals surface area contributed by atoms with Crippen molar-refractivity contribution >= 4 is 5.91 Å². The van der Waals surface area contributed by atoms with Gasteiger partial charge in [0.05, 0.1) is 12.6 Å². The number of rotatable bonds is 8. The molecule has 3 aliphatic rings. The van der Waals surface area contributed by atoms with Crippen molar-refractivity contribution < 1.29 is 13.9 Å². The molecule has 2 fully saturated rings. The number of fused-ring (bicyclic) bond motifs is 1. The van der Waals surface area contributed by atoms with Crippen molar-refractivity contribution in [1.82, 2.24) is 25.0 Å². The van der Waals surface area contributed by atoms with Crippen molar-refractivity contribution in [2.24, 2.45) is 7.05 Å². The lowest BCUT2D eigenvalue weighted by Gasteiger charge is -2.35. The third-order valence-corrected chi connectivity index (χ3v) is 7.99. The van der Waals surface area contributed by atoms with Crippen LogP contribution in [-0.4, -0.2) is 63.0 Å². The number of halogens is 1. The lowest BCUT2D eigenvalue weighted by Crippen LogP contribution is -2.43. The van der Waals surface area contributed by atoms with E-state index in [1.54, 1.807) is 10.9 Å². The van der Waals surface area contributed by atoms with Gasteiger partial charge in [-0.25, -0.2) is 9.37 Å². The van der Waals surface area contributed by atoms with Crippen molar-refractivity contribution in [2.45, 2.75) is 88.4 Å². The number of nitrogens with one attached hydrogen (secondary N) is 1. The highest BCUT2D eigenvalue weighted by molar-refractivity contribution is 5.78. The Morgan fingerprint density at radius 3 is 2.71 bits per heavy atom. The number of carbonyl (C=O) groups is 1. The molecule has 2 saturated carbocycles. The largest absolute Gasteiger partial charge is 0.474 e. The summed E-state index contributed by atoms with van der Waals surface area (Å²) in [5.74, 6) is 0.752. The van der Waals surface area contributed by atoms with E-state index in [9.17, 15) is 4.79 Å². The molecule has 7 nitrogen and oxygen atoms in total. The second-order valence-electron chi connectivity index (χ2n) is 10.7. The molecule has 0 spiro atoms. The second-order valence-corrected chi connectivity index (χ2v) is 10.7. The van der Waals surface area contributed by atoms with E-state index in [0.29, 0.717) is 44.6 Å². The fraction of sp³-hybridized carbons (Fsp3) is 0.667. The molecule has 0 aromatic carbocycles. The van der Waals surface area contributed by atoms with Crippen LogP contribution in [0.4, 0.5) is 4.39 Å². The topological polar surface area (TPSA) is 72.3 Å². The van der Waals surface area contributed by atoms with Crippen LogP contribution >= 0.6 is 0 Å². The normalized spacial score (nSPS) is 25.4. The van der Waals surface area contributed by atoms with E-state index < -0.39 is 5.67 Å². The van der Waals surface area contributed by atoms with Crippen LogP contribution in [0, 0.1) is 0 Å². The van der Waals surface area contributed by atoms with Crippen molar-refractivity contribution in [2.75, 3.05) is 19.6 Å². The Morgan fingerprint density at radius 2 is 2.00 bits per heavy atom. The highest BCUT2D eigenvalue weighted by atomic mass is 19.1. The molecule has 3 heterocycles. The smallest absolute Gasteiger partial charge is 0.224 e. The molecule has 0 saturated heterocycles. The summed E-state index contributed by atoms with van der Waals surface area (Å²) in [7, 11) is 1.84. The van der Waals surface area contributed by atoms with Gasteiger partial charge in [-0.15, -0.1) is 0 Å². The fourth-order valence-corrected chi connectivity index (χ4v) is 5.47. The Labute approximate surface area is 207 Å². The molecule has 1 N–H and O–H groups in total. The van der Waals surface area contributed by atoms with Crippen LogP contribution in [0.2, 0.25) is 0 Å². The number of hydrogen-bond donors (Lipinski definition) is 1. The number of carbonyl (C=O) groups excluding carboxylic acids is 1. The number of amides is 1. The summed E-state index contributed by atoms with van der Waals surface area (Å²) in [5.41, 5.74) is 2.21. The third-order valence-electron chi connectivity index (χ3n) is 7.99. The molecular formula is C27H38FN5O2. The van der Waals surface area contributed by atoms with Gasteiger partial charge in [-0.05, 0) is 68.9 Å². The van der Waals surface area contributed by atoms with Crippen LogP contribution in [0.1, 0.15) is 68.2 Å². The number of aryl methyl sites for hydroxylation is 1. The van der Waals surface area contributed by atoms with Gasteiger partial charge < -0.3 is 15.0 Å². The van der Waals surface area contributed by atoms with Crippen LogP contribution in [0.25, 0.3) is 0 Å². The molecule has 2 aromatic heterocycles. The minimum Gasteiger partial charge on any atom is -0.474 e. The lowest BCUT2D eigenvalue weighted by molar-refractivity contribution is -0.121. The van der Waals surface area contributed by atoms with Gasteiger partial charge in [0, 0.05) is 57.1 Å². The Balaban J connectivity index is 1.04. The molecule has 1 amide bonds. The standard InChI is InChI=1S/C27H38FN5O2/c1-32-19-20(18-29-32)17-25(34)30-22-7-11-27(28,12-8-22)13-16-33-14-9-21-5-6-26(31-24(21)10-15-33)35-23-3-2-4-23/h5-6,18-19,22-23H,2-4,7-17H2,1H3,(H,30,34)/t22-,27+. The Kier molecular flexibility index (Phi) is 7.37. The number of alkyl halides is 1. The zero-order valence-corrected chi connectivity index (χ0v) is 20.8. The van der Waals surface area contributed by atoms with E-state index in [0.717, 1.165) is 62.5 Å². The van der Waals surface area contributed by atoms with Gasteiger partial charge >= 0.3 is 0 Å². The Bertz CT molecular complexity index is 1010. The fourth-order valence-electron chi connectivity index (χ4n) is 5.47. The third kappa shape index (κ3) is 6.40. The van der Waals surface area contributed by atoms with Crippen LogP contribution in [0.15, 0.2) is 24.5 Å². The van der Waals surface area contributed by atoms with Gasteiger partial charge in [0.15, 0.2) is 0 Å². The molecule has 0 radical (unpaired) electrons. The Hall–Kier alpha value is -2.48. The number of pyridine rings is 1. The molecule has 1 aliphatic heterocycles. The van der Waals surface area contributed by atoms with Crippen LogP contribution in [0.5, 0.6) is 5.88 Å². The summed E-state index contributed by atoms with van der Waals surface area (Å²) in [6.07, 6.45) is 12.6. The van der Waals surface area contributed by atoms with E-state index in [-0.39, 0.29) is 11.9 Å². The first-order valence-electron chi connectivity index (χ1n) is 13.3. The second kappa shape index (κ2) is 10.6. The zero-order chi connectivity index (χ0) is 24.3. The monoisotopic (exact) mass is 483 g/mol. The van der Waals surface area contributed by atoms with Gasteiger partial charge in [0.1, 0.15) is 11.8 Å². The van der Waals surface area contributed by atoms with E-state index >= 15 is 4.39 Å². The van der Waals surface area contributed by atoms with Crippen molar-refractivity contribution in [3.8, 4) is 5.88 Å². The average molecular weight is 484 g/mol. The van der Waals surface area contributed by atoms with Crippen molar-refractivity contribution in [1.29, 1.82) is 0 Å².